The number of hydrogen-bond acceptors (Lipinski definition) is 5. The van der Waals surface area contributed by atoms with Gasteiger partial charge in [-0.3, -0.25) is 4.72 Å². The van der Waals surface area contributed by atoms with Crippen LogP contribution in [0, 0.1) is 0 Å². The number of piperazine rings is 1. The molecular formula is C11H16ClN3O4S2. The van der Waals surface area contributed by atoms with Gasteiger partial charge in [0.05, 0.1) is 15.6 Å². The van der Waals surface area contributed by atoms with Gasteiger partial charge in [-0.15, -0.1) is 0 Å². The molecule has 118 valence electrons. The van der Waals surface area contributed by atoms with Gasteiger partial charge in [0.15, 0.2) is 9.84 Å². The van der Waals surface area contributed by atoms with Crippen molar-refractivity contribution in [3.8, 4) is 0 Å². The summed E-state index contributed by atoms with van der Waals surface area (Å²) in [6.07, 6.45) is 1.05. The van der Waals surface area contributed by atoms with E-state index in [1.165, 1.54) is 22.5 Å². The molecule has 21 heavy (non-hydrogen) atoms. The zero-order valence-electron chi connectivity index (χ0n) is 11.3. The number of nitrogens with zero attached hydrogens (tertiary/aromatic N) is 1. The Balaban J connectivity index is 2.30. The van der Waals surface area contributed by atoms with Crippen LogP contribution < -0.4 is 10.0 Å². The molecule has 0 unspecified atom stereocenters. The van der Waals surface area contributed by atoms with Gasteiger partial charge in [-0.05, 0) is 18.2 Å². The van der Waals surface area contributed by atoms with Crippen LogP contribution in [0.2, 0.25) is 5.02 Å². The molecule has 2 N–H and O–H groups in total. The molecule has 0 saturated carbocycles. The van der Waals surface area contributed by atoms with Gasteiger partial charge in [0.25, 0.3) is 0 Å². The maximum atomic E-state index is 12.2. The van der Waals surface area contributed by atoms with Crippen molar-refractivity contribution in [2.24, 2.45) is 0 Å². The first-order valence-electron chi connectivity index (χ1n) is 6.18. The summed E-state index contributed by atoms with van der Waals surface area (Å²) in [5.74, 6) is 0. The van der Waals surface area contributed by atoms with Gasteiger partial charge in [0, 0.05) is 32.4 Å². The summed E-state index contributed by atoms with van der Waals surface area (Å²) in [4.78, 5) is 0.00455. The predicted molar refractivity (Wildman–Crippen MR) is 81.5 cm³/mol. The van der Waals surface area contributed by atoms with Crippen molar-refractivity contribution in [3.05, 3.63) is 23.2 Å². The molecule has 7 nitrogen and oxygen atoms in total. The zero-order valence-corrected chi connectivity index (χ0v) is 13.7. The van der Waals surface area contributed by atoms with E-state index in [9.17, 15) is 16.8 Å². The van der Waals surface area contributed by atoms with Crippen molar-refractivity contribution in [2.75, 3.05) is 37.2 Å². The van der Waals surface area contributed by atoms with Gasteiger partial charge in [-0.1, -0.05) is 11.6 Å². The van der Waals surface area contributed by atoms with Crippen LogP contribution in [0.4, 0.5) is 5.69 Å². The maximum Gasteiger partial charge on any atom is 0.301 e. The summed E-state index contributed by atoms with van der Waals surface area (Å²) in [5.41, 5.74) is 0.0538. The third-order valence-electron chi connectivity index (χ3n) is 3.02. The monoisotopic (exact) mass is 353 g/mol. The first kappa shape index (κ1) is 16.5. The Bertz CT molecular complexity index is 728. The standard InChI is InChI=1S/C11H16ClN3O4S2/c1-20(16,17)9-2-3-10(12)11(8-9)14-21(18,19)15-6-4-13-5-7-15/h2-3,8,13-14H,4-7H2,1H3. The van der Waals surface area contributed by atoms with Crippen molar-refractivity contribution in [3.63, 3.8) is 0 Å². The lowest BCUT2D eigenvalue weighted by Crippen LogP contribution is -2.48. The molecule has 10 heteroatoms. The topological polar surface area (TPSA) is 95.6 Å². The molecule has 0 spiro atoms. The highest BCUT2D eigenvalue weighted by molar-refractivity contribution is 7.91. The summed E-state index contributed by atoms with van der Waals surface area (Å²) in [6, 6.07) is 3.91. The lowest BCUT2D eigenvalue weighted by molar-refractivity contribution is 0.362. The molecule has 1 aliphatic heterocycles. The normalized spacial score (nSPS) is 17.6. The molecule has 1 heterocycles. The van der Waals surface area contributed by atoms with E-state index in [4.69, 9.17) is 11.6 Å². The smallest absolute Gasteiger partial charge is 0.301 e. The second-order valence-corrected chi connectivity index (χ2v) is 8.76. The lowest BCUT2D eigenvalue weighted by Gasteiger charge is -2.27. The Labute approximate surface area is 129 Å². The van der Waals surface area contributed by atoms with Crippen LogP contribution in [0.1, 0.15) is 0 Å². The van der Waals surface area contributed by atoms with Crippen LogP contribution in [0.15, 0.2) is 23.1 Å². The van der Waals surface area contributed by atoms with Gasteiger partial charge in [-0.25, -0.2) is 8.42 Å². The Morgan fingerprint density at radius 1 is 1.19 bits per heavy atom. The van der Waals surface area contributed by atoms with E-state index in [0.29, 0.717) is 26.2 Å². The Morgan fingerprint density at radius 2 is 1.81 bits per heavy atom. The van der Waals surface area contributed by atoms with Gasteiger partial charge in [-0.2, -0.15) is 12.7 Å². The summed E-state index contributed by atoms with van der Waals surface area (Å²) < 4.78 is 51.2. The highest BCUT2D eigenvalue weighted by Crippen LogP contribution is 2.26. The number of hydrogen-bond donors (Lipinski definition) is 2. The maximum absolute atomic E-state index is 12.2. The van der Waals surface area contributed by atoms with Crippen molar-refractivity contribution in [1.82, 2.24) is 9.62 Å². The van der Waals surface area contributed by atoms with Crippen molar-refractivity contribution in [2.45, 2.75) is 4.90 Å². The molecule has 0 aromatic heterocycles. The summed E-state index contributed by atoms with van der Waals surface area (Å²) in [6.45, 7) is 1.83. The molecule has 1 aromatic rings. The van der Waals surface area contributed by atoms with Crippen LogP contribution in [-0.4, -0.2) is 53.6 Å². The van der Waals surface area contributed by atoms with E-state index >= 15 is 0 Å². The first-order chi connectivity index (χ1) is 9.70. The Morgan fingerprint density at radius 3 is 2.38 bits per heavy atom. The van der Waals surface area contributed by atoms with Gasteiger partial charge in [0.2, 0.25) is 0 Å². The summed E-state index contributed by atoms with van der Waals surface area (Å²) in [5, 5.41) is 3.19. The molecule has 1 aromatic carbocycles. The van der Waals surface area contributed by atoms with Crippen LogP contribution in [-0.2, 0) is 20.0 Å². The number of rotatable bonds is 4. The summed E-state index contributed by atoms with van der Waals surface area (Å²) in [7, 11) is -7.20. The zero-order chi connectivity index (χ0) is 15.7. The van der Waals surface area contributed by atoms with Crippen LogP contribution in [0.5, 0.6) is 0 Å². The molecular weight excluding hydrogens is 338 g/mol. The minimum atomic E-state index is -3.76. The van der Waals surface area contributed by atoms with E-state index < -0.39 is 20.0 Å². The van der Waals surface area contributed by atoms with Crippen LogP contribution >= 0.6 is 11.6 Å². The Kier molecular flexibility index (Phi) is 4.79. The lowest BCUT2D eigenvalue weighted by atomic mass is 10.3. The second kappa shape index (κ2) is 6.09. The minimum Gasteiger partial charge on any atom is -0.314 e. The average Bonchev–Trinajstić information content (AvgIpc) is 2.41. The van der Waals surface area contributed by atoms with E-state index in [0.717, 1.165) is 6.26 Å². The number of halogens is 1. The van der Waals surface area contributed by atoms with E-state index in [1.54, 1.807) is 0 Å². The fourth-order valence-corrected chi connectivity index (χ4v) is 4.01. The minimum absolute atomic E-state index is 0.00455. The highest BCUT2D eigenvalue weighted by Gasteiger charge is 2.24. The van der Waals surface area contributed by atoms with Gasteiger partial charge in [0.1, 0.15) is 0 Å². The van der Waals surface area contributed by atoms with Crippen LogP contribution in [0.3, 0.4) is 0 Å². The molecule has 1 aliphatic rings. The number of nitrogens with one attached hydrogen (secondary N) is 2. The van der Waals surface area contributed by atoms with E-state index in [1.807, 2.05) is 0 Å². The van der Waals surface area contributed by atoms with E-state index in [-0.39, 0.29) is 15.6 Å². The first-order valence-corrected chi connectivity index (χ1v) is 9.89. The van der Waals surface area contributed by atoms with Crippen molar-refractivity contribution >= 4 is 37.3 Å². The fraction of sp³-hybridized carbons (Fsp3) is 0.455. The van der Waals surface area contributed by atoms with E-state index in [2.05, 4.69) is 10.0 Å². The van der Waals surface area contributed by atoms with Gasteiger partial charge >= 0.3 is 10.2 Å². The van der Waals surface area contributed by atoms with Crippen molar-refractivity contribution in [1.29, 1.82) is 0 Å². The third kappa shape index (κ3) is 4.07. The molecule has 0 aliphatic carbocycles. The molecule has 0 radical (unpaired) electrons. The highest BCUT2D eigenvalue weighted by atomic mass is 35.5. The summed E-state index contributed by atoms with van der Waals surface area (Å²) >= 11 is 5.94. The predicted octanol–water partition coefficient (Wildman–Crippen LogP) is 0.305. The second-order valence-electron chi connectivity index (χ2n) is 4.67. The van der Waals surface area contributed by atoms with Crippen LogP contribution in [0.25, 0.3) is 0 Å². The molecule has 2 rings (SSSR count). The third-order valence-corrected chi connectivity index (χ3v) is 5.98. The number of anilines is 1. The molecule has 1 fully saturated rings. The molecule has 0 bridgehead atoms. The van der Waals surface area contributed by atoms with Gasteiger partial charge < -0.3 is 5.32 Å². The Hall–Kier alpha value is -0.870. The number of benzene rings is 1. The molecule has 0 atom stereocenters. The molecule has 0 amide bonds. The van der Waals surface area contributed by atoms with Crippen molar-refractivity contribution < 1.29 is 16.8 Å². The quantitative estimate of drug-likeness (QED) is 0.812. The molecule has 1 saturated heterocycles. The SMILES string of the molecule is CS(=O)(=O)c1ccc(Cl)c(NS(=O)(=O)N2CCNCC2)c1. The fourth-order valence-electron chi connectivity index (χ4n) is 1.90. The largest absolute Gasteiger partial charge is 0.314 e. The average molecular weight is 354 g/mol. The number of sulfone groups is 1.